The fraction of sp³-hybridized carbons (Fsp3) is 0.300. The number of carbonyl (C=O) groups is 1. The predicted molar refractivity (Wildman–Crippen MR) is 119 cm³/mol. The van der Waals surface area contributed by atoms with Crippen LogP contribution >= 0.6 is 27.5 Å². The van der Waals surface area contributed by atoms with Gasteiger partial charge in [-0.2, -0.15) is 27.8 Å². The van der Waals surface area contributed by atoms with Crippen LogP contribution in [0.4, 0.5) is 24.5 Å². The molecule has 2 N–H and O–H groups in total. The molecular formula is C20H23BrClF3N2O4Y-2. The van der Waals surface area contributed by atoms with Crippen molar-refractivity contribution in [3.05, 3.63) is 63.5 Å². The van der Waals surface area contributed by atoms with Gasteiger partial charge >= 0.3 is 6.61 Å². The Bertz CT molecular complexity index is 813. The third kappa shape index (κ3) is 17.3. The first-order chi connectivity index (χ1) is 14.4. The Morgan fingerprint density at radius 3 is 2.19 bits per heavy atom. The van der Waals surface area contributed by atoms with Crippen LogP contribution < -0.4 is 10.5 Å². The first kappa shape index (κ1) is 35.4. The summed E-state index contributed by atoms with van der Waals surface area (Å²) in [5, 5.41) is 2.38. The second-order valence-electron chi connectivity index (χ2n) is 5.95. The molecule has 2 aromatic rings. The molecule has 0 aromatic heterocycles. The van der Waals surface area contributed by atoms with Gasteiger partial charge in [0.2, 0.25) is 0 Å². The van der Waals surface area contributed by atoms with Crippen molar-refractivity contribution in [2.24, 2.45) is 5.18 Å². The molecule has 177 valence electrons. The topological polar surface area (TPSA) is 91.0 Å². The average molecular weight is 617 g/mol. The predicted octanol–water partition coefficient (Wildman–Crippen LogP) is 7.11. The molecular weight excluding hydrogens is 593 g/mol. The van der Waals surface area contributed by atoms with Gasteiger partial charge in [-0.05, 0) is 38.1 Å². The Morgan fingerprint density at radius 2 is 1.81 bits per heavy atom. The molecule has 0 unspecified atom stereocenters. The summed E-state index contributed by atoms with van der Waals surface area (Å²) in [6.07, 6.45) is 0. The number of alkyl halides is 2. The zero-order valence-electron chi connectivity index (χ0n) is 17.9. The van der Waals surface area contributed by atoms with E-state index in [1.807, 2.05) is 20.8 Å². The van der Waals surface area contributed by atoms with Crippen molar-refractivity contribution in [2.75, 3.05) is 5.73 Å². The summed E-state index contributed by atoms with van der Waals surface area (Å²) in [4.78, 5) is 19.5. The van der Waals surface area contributed by atoms with Gasteiger partial charge in [0, 0.05) is 38.5 Å². The van der Waals surface area contributed by atoms with Gasteiger partial charge in [0.15, 0.2) is 5.82 Å². The van der Waals surface area contributed by atoms with E-state index in [1.54, 1.807) is 19.1 Å². The average Bonchev–Trinajstić information content (AvgIpc) is 2.67. The van der Waals surface area contributed by atoms with Crippen LogP contribution in [-0.2, 0) is 42.2 Å². The molecule has 0 atom stereocenters. The molecule has 0 saturated carbocycles. The molecule has 0 spiro atoms. The van der Waals surface area contributed by atoms with Crippen molar-refractivity contribution < 1.29 is 60.1 Å². The first-order valence-electron chi connectivity index (χ1n) is 8.43. The second kappa shape index (κ2) is 19.3. The SMILES string of the molecule is CC(C)(C)OC=O.FC(F)Oc1[c-]c(Br)ccc1.Nc1c(N=O)ccc(Cl)c1F.[CH2-]C.[Y]. The van der Waals surface area contributed by atoms with Crippen molar-refractivity contribution >= 4 is 45.4 Å². The van der Waals surface area contributed by atoms with Crippen molar-refractivity contribution in [1.29, 1.82) is 0 Å². The third-order valence-corrected chi connectivity index (χ3v) is 3.31. The van der Waals surface area contributed by atoms with Crippen LogP contribution in [0.25, 0.3) is 0 Å². The molecule has 32 heavy (non-hydrogen) atoms. The van der Waals surface area contributed by atoms with E-state index in [0.717, 1.165) is 0 Å². The Hall–Kier alpha value is -1.23. The Morgan fingerprint density at radius 1 is 1.25 bits per heavy atom. The molecule has 1 radical (unpaired) electrons. The van der Waals surface area contributed by atoms with Crippen LogP contribution in [0.15, 0.2) is 40.0 Å². The van der Waals surface area contributed by atoms with E-state index in [1.165, 1.54) is 18.2 Å². The van der Waals surface area contributed by atoms with Crippen LogP contribution in [0.5, 0.6) is 5.75 Å². The molecule has 0 aliphatic rings. The number of benzene rings is 2. The number of ether oxygens (including phenoxy) is 2. The molecule has 0 heterocycles. The van der Waals surface area contributed by atoms with Gasteiger partial charge in [0.1, 0.15) is 11.3 Å². The van der Waals surface area contributed by atoms with Crippen molar-refractivity contribution in [3.63, 3.8) is 0 Å². The standard InChI is InChI=1S/C7H4BrF2O.C6H4ClFN2O.C5H10O2.C2H5.Y/c8-5-2-1-3-6(4-5)11-7(9)10;7-3-1-2-4(10-11)6(9)5(3)8;1-5(2,3)7-4-6;1-2;/h1-3,7H;1-2H,9H2;4H,1-3H3;1H2,2H3;/q-1;;;-1;. The summed E-state index contributed by atoms with van der Waals surface area (Å²) >= 11 is 8.42. The monoisotopic (exact) mass is 615 g/mol. The number of rotatable bonds is 4. The van der Waals surface area contributed by atoms with E-state index in [0.29, 0.717) is 10.9 Å². The fourth-order valence-electron chi connectivity index (χ4n) is 1.37. The van der Waals surface area contributed by atoms with Crippen LogP contribution in [0.2, 0.25) is 5.02 Å². The molecule has 0 aliphatic carbocycles. The van der Waals surface area contributed by atoms with Gasteiger partial charge in [-0.3, -0.25) is 4.79 Å². The molecule has 0 amide bonds. The molecule has 0 saturated heterocycles. The third-order valence-electron chi connectivity index (χ3n) is 2.56. The van der Waals surface area contributed by atoms with Gasteiger partial charge < -0.3 is 22.1 Å². The largest absolute Gasteiger partial charge is 0.462 e. The number of carbonyl (C=O) groups excluding carboxylic acids is 1. The Balaban J connectivity index is -0.000000383. The van der Waals surface area contributed by atoms with Gasteiger partial charge in [-0.1, -0.05) is 32.0 Å². The minimum atomic E-state index is -2.79. The van der Waals surface area contributed by atoms with Gasteiger partial charge in [-0.15, -0.1) is 17.0 Å². The van der Waals surface area contributed by atoms with E-state index in [-0.39, 0.29) is 60.5 Å². The number of hydrogen-bond acceptors (Lipinski definition) is 6. The first-order valence-corrected chi connectivity index (χ1v) is 9.60. The molecule has 0 bridgehead atoms. The molecule has 0 fully saturated rings. The number of nitrogens with zero attached hydrogens (tertiary/aromatic N) is 1. The molecule has 12 heteroatoms. The number of nitrogens with two attached hydrogens (primary N) is 1. The number of anilines is 1. The smallest absolute Gasteiger partial charge is 0.385 e. The summed E-state index contributed by atoms with van der Waals surface area (Å²) in [5.74, 6) is -0.766. The maximum atomic E-state index is 12.7. The number of nitrogen functional groups attached to an aromatic ring is 1. The number of halogens is 5. The molecule has 2 aromatic carbocycles. The van der Waals surface area contributed by atoms with E-state index < -0.39 is 12.4 Å². The zero-order valence-corrected chi connectivity index (χ0v) is 23.1. The fourth-order valence-corrected chi connectivity index (χ4v) is 1.88. The number of hydrogen-bond donors (Lipinski definition) is 1. The van der Waals surface area contributed by atoms with Crippen LogP contribution in [0.3, 0.4) is 0 Å². The van der Waals surface area contributed by atoms with Crippen molar-refractivity contribution in [3.8, 4) is 5.75 Å². The Kier molecular flexibility index (Phi) is 21.3. The van der Waals surface area contributed by atoms with Gasteiger partial charge in [0.25, 0.3) is 6.47 Å². The number of nitroso groups, excluding NO2 is 1. The van der Waals surface area contributed by atoms with E-state index in [9.17, 15) is 22.9 Å². The van der Waals surface area contributed by atoms with Crippen LogP contribution in [-0.4, -0.2) is 18.7 Å². The maximum Gasteiger partial charge on any atom is 0.385 e. The summed E-state index contributed by atoms with van der Waals surface area (Å²) in [5.41, 5.74) is 4.38. The van der Waals surface area contributed by atoms with E-state index in [4.69, 9.17) is 17.3 Å². The van der Waals surface area contributed by atoms with Crippen molar-refractivity contribution in [2.45, 2.75) is 39.9 Å². The second-order valence-corrected chi connectivity index (χ2v) is 7.21. The summed E-state index contributed by atoms with van der Waals surface area (Å²) in [7, 11) is 0. The van der Waals surface area contributed by atoms with Crippen molar-refractivity contribution in [1.82, 2.24) is 0 Å². The minimum Gasteiger partial charge on any atom is -0.462 e. The normalized spacial score (nSPS) is 9.34. The van der Waals surface area contributed by atoms with Crippen LogP contribution in [0, 0.1) is 23.7 Å². The Labute approximate surface area is 224 Å². The molecule has 2 rings (SSSR count). The van der Waals surface area contributed by atoms with Gasteiger partial charge in [-0.25, -0.2) is 4.39 Å². The van der Waals surface area contributed by atoms with E-state index in [2.05, 4.69) is 43.6 Å². The summed E-state index contributed by atoms with van der Waals surface area (Å²) < 4.78 is 45.1. The minimum absolute atomic E-state index is 0. The zero-order chi connectivity index (χ0) is 24.6. The molecule has 6 nitrogen and oxygen atoms in total. The van der Waals surface area contributed by atoms with Gasteiger partial charge in [0.05, 0.1) is 10.7 Å². The summed E-state index contributed by atoms with van der Waals surface area (Å²) in [6.45, 7) is 8.13. The van der Waals surface area contributed by atoms with E-state index >= 15 is 0 Å². The molecule has 0 aliphatic heterocycles. The summed E-state index contributed by atoms with van der Waals surface area (Å²) in [6, 6.07) is 9.72. The van der Waals surface area contributed by atoms with Crippen LogP contribution in [0.1, 0.15) is 27.7 Å². The quantitative estimate of drug-likeness (QED) is 0.171. The maximum absolute atomic E-state index is 12.7.